The van der Waals surface area contributed by atoms with Gasteiger partial charge in [-0.1, -0.05) is 0 Å². The average molecular weight is 405 g/mol. The Hall–Kier alpha value is -2.22. The molecule has 0 spiro atoms. The number of anilines is 1. The number of hydrogen-bond donors (Lipinski definition) is 0. The Morgan fingerprint density at radius 1 is 1.03 bits per heavy atom. The standard InChI is InChI=1S/C21H32N4O4/c1-14-11-16(25-10-8-21(4,13-25)19(27)29-6)23-17(22-14)15(2)24-9-7-20(3,12-24)18(26)28-5/h11,15H,7-10,12-13H2,1-6H3/t15-,20+,21-/m1/s1. The van der Waals surface area contributed by atoms with Gasteiger partial charge in [-0.2, -0.15) is 0 Å². The smallest absolute Gasteiger partial charge is 0.313 e. The van der Waals surface area contributed by atoms with Gasteiger partial charge in [-0.25, -0.2) is 9.97 Å². The lowest BCUT2D eigenvalue weighted by Crippen LogP contribution is -2.35. The maximum Gasteiger partial charge on any atom is 0.313 e. The van der Waals surface area contributed by atoms with Crippen molar-refractivity contribution in [3.05, 3.63) is 17.6 Å². The summed E-state index contributed by atoms with van der Waals surface area (Å²) in [4.78, 5) is 38.1. The maximum absolute atomic E-state index is 12.1. The molecular weight excluding hydrogens is 372 g/mol. The zero-order chi connectivity index (χ0) is 21.4. The van der Waals surface area contributed by atoms with E-state index < -0.39 is 10.8 Å². The van der Waals surface area contributed by atoms with Gasteiger partial charge in [-0.3, -0.25) is 14.5 Å². The number of nitrogens with zero attached hydrogens (tertiary/aromatic N) is 4. The van der Waals surface area contributed by atoms with Crippen molar-refractivity contribution in [3.63, 3.8) is 0 Å². The fraction of sp³-hybridized carbons (Fsp3) is 0.714. The molecule has 160 valence electrons. The van der Waals surface area contributed by atoms with Crippen molar-refractivity contribution in [1.29, 1.82) is 0 Å². The summed E-state index contributed by atoms with van der Waals surface area (Å²) in [5, 5.41) is 0. The molecule has 0 unspecified atom stereocenters. The van der Waals surface area contributed by atoms with Gasteiger partial charge in [0.15, 0.2) is 0 Å². The lowest BCUT2D eigenvalue weighted by molar-refractivity contribution is -0.151. The topological polar surface area (TPSA) is 84.9 Å². The molecule has 0 N–H and O–H groups in total. The number of rotatable bonds is 5. The van der Waals surface area contributed by atoms with Gasteiger partial charge in [0.1, 0.15) is 11.6 Å². The third-order valence-electron chi connectivity index (χ3n) is 6.44. The number of hydrogen-bond acceptors (Lipinski definition) is 8. The lowest BCUT2D eigenvalue weighted by Gasteiger charge is -2.27. The minimum absolute atomic E-state index is 0.0188. The van der Waals surface area contributed by atoms with Gasteiger partial charge in [0.05, 0.1) is 31.1 Å². The van der Waals surface area contributed by atoms with Crippen LogP contribution in [0, 0.1) is 17.8 Å². The van der Waals surface area contributed by atoms with Crippen LogP contribution in [0.2, 0.25) is 0 Å². The monoisotopic (exact) mass is 404 g/mol. The fourth-order valence-corrected chi connectivity index (χ4v) is 4.40. The molecule has 0 aliphatic carbocycles. The van der Waals surface area contributed by atoms with Crippen molar-refractivity contribution in [2.75, 3.05) is 45.3 Å². The van der Waals surface area contributed by atoms with E-state index in [0.29, 0.717) is 13.1 Å². The highest BCUT2D eigenvalue weighted by Gasteiger charge is 2.44. The van der Waals surface area contributed by atoms with Crippen molar-refractivity contribution < 1.29 is 19.1 Å². The first kappa shape index (κ1) is 21.5. The van der Waals surface area contributed by atoms with Crippen LogP contribution in [-0.2, 0) is 19.1 Å². The highest BCUT2D eigenvalue weighted by atomic mass is 16.5. The van der Waals surface area contributed by atoms with E-state index in [9.17, 15) is 9.59 Å². The predicted molar refractivity (Wildman–Crippen MR) is 108 cm³/mol. The summed E-state index contributed by atoms with van der Waals surface area (Å²) in [6, 6.07) is 1.94. The summed E-state index contributed by atoms with van der Waals surface area (Å²) >= 11 is 0. The van der Waals surface area contributed by atoms with E-state index in [1.807, 2.05) is 26.8 Å². The van der Waals surface area contributed by atoms with Crippen LogP contribution in [-0.4, -0.2) is 67.2 Å². The van der Waals surface area contributed by atoms with Crippen LogP contribution in [0.3, 0.4) is 0 Å². The van der Waals surface area contributed by atoms with Crippen molar-refractivity contribution in [3.8, 4) is 0 Å². The molecule has 0 bridgehead atoms. The number of carbonyl (C=O) groups excluding carboxylic acids is 2. The fourth-order valence-electron chi connectivity index (χ4n) is 4.40. The number of methoxy groups -OCH3 is 2. The Morgan fingerprint density at radius 2 is 1.62 bits per heavy atom. The summed E-state index contributed by atoms with van der Waals surface area (Å²) in [6.07, 6.45) is 1.49. The predicted octanol–water partition coefficient (Wildman–Crippen LogP) is 2.12. The Balaban J connectivity index is 1.78. The number of carbonyl (C=O) groups is 2. The van der Waals surface area contributed by atoms with E-state index in [-0.39, 0.29) is 18.0 Å². The van der Waals surface area contributed by atoms with Crippen molar-refractivity contribution >= 4 is 17.8 Å². The minimum Gasteiger partial charge on any atom is -0.469 e. The van der Waals surface area contributed by atoms with Gasteiger partial charge in [-0.15, -0.1) is 0 Å². The molecule has 0 radical (unpaired) electrons. The van der Waals surface area contributed by atoms with Crippen molar-refractivity contribution in [2.45, 2.75) is 46.6 Å². The minimum atomic E-state index is -0.517. The van der Waals surface area contributed by atoms with E-state index >= 15 is 0 Å². The van der Waals surface area contributed by atoms with Crippen LogP contribution in [0.15, 0.2) is 6.07 Å². The summed E-state index contributed by atoms with van der Waals surface area (Å²) < 4.78 is 9.96. The summed E-state index contributed by atoms with van der Waals surface area (Å²) in [7, 11) is 2.87. The molecule has 0 amide bonds. The van der Waals surface area contributed by atoms with E-state index in [4.69, 9.17) is 14.5 Å². The molecule has 1 aromatic heterocycles. The number of ether oxygens (including phenoxy) is 2. The first-order chi connectivity index (χ1) is 13.6. The van der Waals surface area contributed by atoms with E-state index in [2.05, 4.69) is 21.7 Å². The third-order valence-corrected chi connectivity index (χ3v) is 6.44. The Labute approximate surface area is 172 Å². The second kappa shape index (κ2) is 7.89. The number of esters is 2. The molecule has 8 heteroatoms. The number of aromatic nitrogens is 2. The molecule has 0 aromatic carbocycles. The molecule has 3 atom stereocenters. The molecule has 2 aliphatic heterocycles. The van der Waals surface area contributed by atoms with Crippen LogP contribution in [0.25, 0.3) is 0 Å². The van der Waals surface area contributed by atoms with Crippen LogP contribution in [0.5, 0.6) is 0 Å². The highest BCUT2D eigenvalue weighted by molar-refractivity contribution is 5.78. The molecule has 2 fully saturated rings. The van der Waals surface area contributed by atoms with E-state index in [1.54, 1.807) is 0 Å². The quantitative estimate of drug-likeness (QED) is 0.690. The van der Waals surface area contributed by atoms with Gasteiger partial charge in [0.25, 0.3) is 0 Å². The largest absolute Gasteiger partial charge is 0.469 e. The molecule has 8 nitrogen and oxygen atoms in total. The average Bonchev–Trinajstić information content (AvgIpc) is 3.30. The molecule has 3 heterocycles. The van der Waals surface area contributed by atoms with Gasteiger partial charge < -0.3 is 14.4 Å². The lowest BCUT2D eigenvalue weighted by atomic mass is 9.90. The molecular formula is C21H32N4O4. The highest BCUT2D eigenvalue weighted by Crippen LogP contribution is 2.37. The second-order valence-electron chi connectivity index (χ2n) is 8.90. The first-order valence-corrected chi connectivity index (χ1v) is 10.1. The molecule has 0 saturated carbocycles. The van der Waals surface area contributed by atoms with Crippen LogP contribution >= 0.6 is 0 Å². The molecule has 2 saturated heterocycles. The third kappa shape index (κ3) is 4.08. The van der Waals surface area contributed by atoms with Crippen LogP contribution < -0.4 is 4.90 Å². The van der Waals surface area contributed by atoms with Gasteiger partial charge >= 0.3 is 11.9 Å². The second-order valence-corrected chi connectivity index (χ2v) is 8.90. The molecule has 3 rings (SSSR count). The van der Waals surface area contributed by atoms with Crippen molar-refractivity contribution in [2.24, 2.45) is 10.8 Å². The summed E-state index contributed by atoms with van der Waals surface area (Å²) in [5.41, 5.74) is -0.123. The van der Waals surface area contributed by atoms with Crippen molar-refractivity contribution in [1.82, 2.24) is 14.9 Å². The van der Waals surface area contributed by atoms with Gasteiger partial charge in [0, 0.05) is 37.9 Å². The normalized spacial score (nSPS) is 28.4. The number of aryl methyl sites for hydroxylation is 1. The molecule has 1 aromatic rings. The zero-order valence-electron chi connectivity index (χ0n) is 18.3. The maximum atomic E-state index is 12.1. The molecule has 29 heavy (non-hydrogen) atoms. The Kier molecular flexibility index (Phi) is 5.85. The number of likely N-dealkylation sites (tertiary alicyclic amines) is 1. The van der Waals surface area contributed by atoms with E-state index in [0.717, 1.165) is 43.3 Å². The Morgan fingerprint density at radius 3 is 2.24 bits per heavy atom. The zero-order valence-corrected chi connectivity index (χ0v) is 18.3. The summed E-state index contributed by atoms with van der Waals surface area (Å²) in [5.74, 6) is 1.22. The SMILES string of the molecule is COC(=O)[C@@]1(C)CCN([C@H](C)c2nc(C)cc(N3CC[C@@](C)(C(=O)OC)C3)n2)C1. The van der Waals surface area contributed by atoms with Gasteiger partial charge in [0.2, 0.25) is 0 Å². The Bertz CT molecular complexity index is 801. The van der Waals surface area contributed by atoms with Crippen LogP contribution in [0.1, 0.15) is 51.2 Å². The van der Waals surface area contributed by atoms with Crippen LogP contribution in [0.4, 0.5) is 5.82 Å². The van der Waals surface area contributed by atoms with Gasteiger partial charge in [-0.05, 0) is 40.5 Å². The summed E-state index contributed by atoms with van der Waals surface area (Å²) in [6.45, 7) is 10.7. The van der Waals surface area contributed by atoms with E-state index in [1.165, 1.54) is 14.2 Å². The first-order valence-electron chi connectivity index (χ1n) is 10.1. The molecule has 2 aliphatic rings.